The van der Waals surface area contributed by atoms with Gasteiger partial charge in [-0.15, -0.1) is 0 Å². The zero-order valence-electron chi connectivity index (χ0n) is 11.8. The second kappa shape index (κ2) is 8.10. The van der Waals surface area contributed by atoms with Crippen molar-refractivity contribution in [1.82, 2.24) is 5.32 Å². The summed E-state index contributed by atoms with van der Waals surface area (Å²) in [5.74, 6) is 0.829. The van der Waals surface area contributed by atoms with E-state index >= 15 is 0 Å². The minimum Gasteiger partial charge on any atom is -0.435 e. The van der Waals surface area contributed by atoms with Crippen molar-refractivity contribution in [2.24, 2.45) is 5.92 Å². The molecule has 1 rings (SSSR count). The van der Waals surface area contributed by atoms with Gasteiger partial charge in [-0.05, 0) is 43.5 Å². The van der Waals surface area contributed by atoms with Crippen LogP contribution in [0, 0.1) is 5.92 Å². The van der Waals surface area contributed by atoms with Crippen LogP contribution in [0.1, 0.15) is 45.2 Å². The lowest BCUT2D eigenvalue weighted by Gasteiger charge is -2.18. The number of halogens is 2. The number of benzene rings is 1. The summed E-state index contributed by atoms with van der Waals surface area (Å²) in [7, 11) is 0. The molecule has 1 aromatic carbocycles. The van der Waals surface area contributed by atoms with Crippen LogP contribution in [0.4, 0.5) is 8.78 Å². The highest BCUT2D eigenvalue weighted by Gasteiger charge is 2.10. The number of ether oxygens (including phenoxy) is 1. The maximum atomic E-state index is 12.2. The van der Waals surface area contributed by atoms with Crippen LogP contribution in [-0.2, 0) is 0 Å². The van der Waals surface area contributed by atoms with Gasteiger partial charge < -0.3 is 10.1 Å². The Bertz CT molecular complexity index is 371. The van der Waals surface area contributed by atoms with E-state index in [4.69, 9.17) is 0 Å². The summed E-state index contributed by atoms with van der Waals surface area (Å²) >= 11 is 0. The molecule has 19 heavy (non-hydrogen) atoms. The van der Waals surface area contributed by atoms with Gasteiger partial charge in [-0.3, -0.25) is 0 Å². The van der Waals surface area contributed by atoms with Crippen LogP contribution < -0.4 is 10.1 Å². The van der Waals surface area contributed by atoms with Crippen LogP contribution in [0.2, 0.25) is 0 Å². The maximum Gasteiger partial charge on any atom is 0.387 e. The molecule has 0 heterocycles. The van der Waals surface area contributed by atoms with Crippen LogP contribution in [-0.4, -0.2) is 13.2 Å². The highest BCUT2D eigenvalue weighted by Crippen LogP contribution is 2.21. The van der Waals surface area contributed by atoms with Crippen molar-refractivity contribution in [3.8, 4) is 5.75 Å². The fourth-order valence-electron chi connectivity index (χ4n) is 2.05. The van der Waals surface area contributed by atoms with Crippen molar-refractivity contribution in [2.45, 2.75) is 46.3 Å². The Balaban J connectivity index is 2.54. The van der Waals surface area contributed by atoms with Gasteiger partial charge in [0.25, 0.3) is 0 Å². The summed E-state index contributed by atoms with van der Waals surface area (Å²) in [6.07, 6.45) is 2.36. The molecule has 4 heteroatoms. The monoisotopic (exact) mass is 271 g/mol. The topological polar surface area (TPSA) is 21.3 Å². The van der Waals surface area contributed by atoms with E-state index in [2.05, 4.69) is 23.9 Å². The smallest absolute Gasteiger partial charge is 0.387 e. The zero-order valence-corrected chi connectivity index (χ0v) is 11.8. The molecule has 2 atom stereocenters. The molecular formula is C15H23F2NO. The summed E-state index contributed by atoms with van der Waals surface area (Å²) in [5, 5.41) is 3.42. The van der Waals surface area contributed by atoms with Crippen molar-refractivity contribution in [1.29, 1.82) is 0 Å². The summed E-state index contributed by atoms with van der Waals surface area (Å²) in [6, 6.07) is 6.98. The highest BCUT2D eigenvalue weighted by atomic mass is 19.3. The first-order valence-electron chi connectivity index (χ1n) is 6.81. The van der Waals surface area contributed by atoms with Crippen molar-refractivity contribution in [2.75, 3.05) is 6.54 Å². The Morgan fingerprint density at radius 1 is 1.26 bits per heavy atom. The Kier molecular flexibility index (Phi) is 6.78. The van der Waals surface area contributed by atoms with Gasteiger partial charge >= 0.3 is 6.61 Å². The molecule has 0 saturated carbocycles. The van der Waals surface area contributed by atoms with E-state index in [0.717, 1.165) is 12.1 Å². The van der Waals surface area contributed by atoms with Gasteiger partial charge in [0, 0.05) is 6.04 Å². The van der Waals surface area contributed by atoms with Gasteiger partial charge in [0.15, 0.2) is 0 Å². The van der Waals surface area contributed by atoms with Gasteiger partial charge in [0.05, 0.1) is 0 Å². The maximum absolute atomic E-state index is 12.2. The van der Waals surface area contributed by atoms with Gasteiger partial charge in [0.2, 0.25) is 0 Å². The lowest BCUT2D eigenvalue weighted by atomic mass is 10.0. The summed E-state index contributed by atoms with van der Waals surface area (Å²) in [6.45, 7) is 4.56. The normalized spacial score (nSPS) is 14.4. The van der Waals surface area contributed by atoms with Crippen molar-refractivity contribution < 1.29 is 13.5 Å². The Hall–Kier alpha value is -1.16. The Morgan fingerprint density at radius 3 is 2.63 bits per heavy atom. The lowest BCUT2D eigenvalue weighted by molar-refractivity contribution is -0.0499. The van der Waals surface area contributed by atoms with Gasteiger partial charge in [-0.2, -0.15) is 8.78 Å². The average Bonchev–Trinajstić information content (AvgIpc) is 2.36. The van der Waals surface area contributed by atoms with E-state index in [1.54, 1.807) is 18.2 Å². The van der Waals surface area contributed by atoms with E-state index in [0.29, 0.717) is 5.92 Å². The lowest BCUT2D eigenvalue weighted by Crippen LogP contribution is -2.24. The Morgan fingerprint density at radius 2 is 2.00 bits per heavy atom. The van der Waals surface area contributed by atoms with E-state index < -0.39 is 6.61 Å². The molecule has 1 N–H and O–H groups in total. The molecule has 0 aliphatic heterocycles. The molecular weight excluding hydrogens is 248 g/mol. The first-order chi connectivity index (χ1) is 9.02. The molecule has 0 aromatic heterocycles. The van der Waals surface area contributed by atoms with E-state index in [1.165, 1.54) is 12.8 Å². The summed E-state index contributed by atoms with van der Waals surface area (Å²) in [5.41, 5.74) is 0.960. The van der Waals surface area contributed by atoms with Crippen LogP contribution in [0.15, 0.2) is 24.3 Å². The average molecular weight is 271 g/mol. The standard InChI is InChI=1S/C15H23F2NO/c1-4-6-11(2)10-18-12(3)13-7-5-8-14(9-13)19-15(16)17/h5,7-9,11-12,15,18H,4,6,10H2,1-3H3. The minimum atomic E-state index is -2.77. The Labute approximate surface area is 114 Å². The zero-order chi connectivity index (χ0) is 14.3. The third-order valence-electron chi connectivity index (χ3n) is 3.14. The van der Waals surface area contributed by atoms with Crippen molar-refractivity contribution >= 4 is 0 Å². The van der Waals surface area contributed by atoms with Crippen molar-refractivity contribution in [3.05, 3.63) is 29.8 Å². The number of alkyl halides is 2. The molecule has 0 fully saturated rings. The predicted octanol–water partition coefficient (Wildman–Crippen LogP) is 4.37. The van der Waals surface area contributed by atoms with Crippen LogP contribution in [0.25, 0.3) is 0 Å². The number of rotatable bonds is 8. The first-order valence-corrected chi connectivity index (χ1v) is 6.81. The highest BCUT2D eigenvalue weighted by molar-refractivity contribution is 5.30. The third kappa shape index (κ3) is 6.01. The SMILES string of the molecule is CCCC(C)CNC(C)c1cccc(OC(F)F)c1. The largest absolute Gasteiger partial charge is 0.435 e. The fraction of sp³-hybridized carbons (Fsp3) is 0.600. The van der Waals surface area contributed by atoms with E-state index in [-0.39, 0.29) is 11.8 Å². The second-order valence-corrected chi connectivity index (χ2v) is 4.97. The second-order valence-electron chi connectivity index (χ2n) is 4.97. The molecule has 0 spiro atoms. The minimum absolute atomic E-state index is 0.125. The van der Waals surface area contributed by atoms with Crippen LogP contribution >= 0.6 is 0 Å². The number of nitrogens with one attached hydrogen (secondary N) is 1. The van der Waals surface area contributed by atoms with Crippen LogP contribution in [0.3, 0.4) is 0 Å². The number of hydrogen-bond donors (Lipinski definition) is 1. The van der Waals surface area contributed by atoms with E-state index in [9.17, 15) is 8.78 Å². The molecule has 0 aliphatic rings. The molecule has 0 aliphatic carbocycles. The van der Waals surface area contributed by atoms with Crippen molar-refractivity contribution in [3.63, 3.8) is 0 Å². The summed E-state index contributed by atoms with van der Waals surface area (Å²) in [4.78, 5) is 0. The predicted molar refractivity (Wildman–Crippen MR) is 73.6 cm³/mol. The fourth-order valence-corrected chi connectivity index (χ4v) is 2.05. The molecule has 2 unspecified atom stereocenters. The van der Waals surface area contributed by atoms with Gasteiger partial charge in [-0.1, -0.05) is 32.4 Å². The molecule has 108 valence electrons. The quantitative estimate of drug-likeness (QED) is 0.758. The van der Waals surface area contributed by atoms with Gasteiger partial charge in [0.1, 0.15) is 5.75 Å². The third-order valence-corrected chi connectivity index (χ3v) is 3.14. The molecule has 1 aromatic rings. The molecule has 0 amide bonds. The molecule has 0 radical (unpaired) electrons. The van der Waals surface area contributed by atoms with Crippen LogP contribution in [0.5, 0.6) is 5.75 Å². The summed E-state index contributed by atoms with van der Waals surface area (Å²) < 4.78 is 28.7. The molecule has 0 saturated heterocycles. The first kappa shape index (κ1) is 15.9. The van der Waals surface area contributed by atoms with E-state index in [1.807, 2.05) is 13.0 Å². The number of hydrogen-bond acceptors (Lipinski definition) is 2. The molecule has 0 bridgehead atoms. The molecule has 2 nitrogen and oxygen atoms in total. The van der Waals surface area contributed by atoms with Gasteiger partial charge in [-0.25, -0.2) is 0 Å².